The van der Waals surface area contributed by atoms with Crippen LogP contribution in [-0.4, -0.2) is 20.6 Å². The normalized spacial score (nSPS) is 12.0. The van der Waals surface area contributed by atoms with Gasteiger partial charge in [0.15, 0.2) is 0 Å². The highest BCUT2D eigenvalue weighted by atomic mass is 35.5. The fourth-order valence-electron chi connectivity index (χ4n) is 2.09. The number of hydrogen-bond donors (Lipinski definition) is 1. The van der Waals surface area contributed by atoms with Gasteiger partial charge in [0, 0.05) is 29.9 Å². The molecule has 2 rings (SSSR count). The summed E-state index contributed by atoms with van der Waals surface area (Å²) in [4.78, 5) is 22.5. The first-order valence-corrected chi connectivity index (χ1v) is 6.92. The Balaban J connectivity index is 2.20. The Morgan fingerprint density at radius 1 is 1.50 bits per heavy atom. The van der Waals surface area contributed by atoms with Crippen LogP contribution < -0.4 is 5.32 Å². The van der Waals surface area contributed by atoms with Crippen molar-refractivity contribution in [2.75, 3.05) is 0 Å². The standard InChI is InChI=1S/C14H15ClN4O3/c1-8(11-7-16-18(3)9(11)2)17-14(20)10-4-5-12(15)13(6-10)19(21)22/h4-8H,1-3H3,(H,17,20). The summed E-state index contributed by atoms with van der Waals surface area (Å²) in [6.07, 6.45) is 1.69. The Kier molecular flexibility index (Phi) is 4.46. The van der Waals surface area contributed by atoms with Gasteiger partial charge in [-0.25, -0.2) is 0 Å². The van der Waals surface area contributed by atoms with Crippen LogP contribution in [0.1, 0.15) is 34.6 Å². The molecule has 8 heteroatoms. The lowest BCUT2D eigenvalue weighted by Crippen LogP contribution is -2.27. The van der Waals surface area contributed by atoms with Gasteiger partial charge in [-0.15, -0.1) is 0 Å². The van der Waals surface area contributed by atoms with E-state index in [1.54, 1.807) is 10.9 Å². The van der Waals surface area contributed by atoms with E-state index in [1.807, 2.05) is 20.9 Å². The molecule has 1 aromatic heterocycles. The van der Waals surface area contributed by atoms with Crippen molar-refractivity contribution in [2.24, 2.45) is 7.05 Å². The molecule has 0 aliphatic carbocycles. The SMILES string of the molecule is Cc1c(C(C)NC(=O)c2ccc(Cl)c([N+](=O)[O-])c2)cnn1C. The predicted molar refractivity (Wildman–Crippen MR) is 81.9 cm³/mol. The van der Waals surface area contributed by atoms with Gasteiger partial charge in [0.2, 0.25) is 0 Å². The zero-order valence-corrected chi connectivity index (χ0v) is 13.1. The van der Waals surface area contributed by atoms with Crippen molar-refractivity contribution in [3.8, 4) is 0 Å². The smallest absolute Gasteiger partial charge is 0.288 e. The van der Waals surface area contributed by atoms with Crippen LogP contribution in [0, 0.1) is 17.0 Å². The van der Waals surface area contributed by atoms with Gasteiger partial charge in [-0.2, -0.15) is 5.10 Å². The molecular weight excluding hydrogens is 308 g/mol. The van der Waals surface area contributed by atoms with Crippen molar-refractivity contribution in [1.82, 2.24) is 15.1 Å². The average Bonchev–Trinajstić information content (AvgIpc) is 2.79. The van der Waals surface area contributed by atoms with Gasteiger partial charge in [-0.05, 0) is 26.0 Å². The first-order chi connectivity index (χ1) is 10.3. The second-order valence-corrected chi connectivity index (χ2v) is 5.33. The summed E-state index contributed by atoms with van der Waals surface area (Å²) in [5.41, 5.74) is 1.72. The molecule has 116 valence electrons. The summed E-state index contributed by atoms with van der Waals surface area (Å²) in [5, 5.41) is 17.8. The molecule has 1 unspecified atom stereocenters. The number of hydrogen-bond acceptors (Lipinski definition) is 4. The van der Waals surface area contributed by atoms with Gasteiger partial charge < -0.3 is 5.32 Å². The quantitative estimate of drug-likeness (QED) is 0.692. The van der Waals surface area contributed by atoms with Gasteiger partial charge >= 0.3 is 0 Å². The van der Waals surface area contributed by atoms with Gasteiger partial charge in [-0.1, -0.05) is 11.6 Å². The largest absolute Gasteiger partial charge is 0.345 e. The van der Waals surface area contributed by atoms with E-state index in [4.69, 9.17) is 11.6 Å². The monoisotopic (exact) mass is 322 g/mol. The van der Waals surface area contributed by atoms with Crippen LogP contribution in [0.15, 0.2) is 24.4 Å². The van der Waals surface area contributed by atoms with Crippen molar-refractivity contribution in [2.45, 2.75) is 19.9 Å². The average molecular weight is 323 g/mol. The minimum atomic E-state index is -0.617. The van der Waals surface area contributed by atoms with E-state index in [0.29, 0.717) is 0 Å². The summed E-state index contributed by atoms with van der Waals surface area (Å²) in [5.74, 6) is -0.407. The fraction of sp³-hybridized carbons (Fsp3) is 0.286. The molecule has 22 heavy (non-hydrogen) atoms. The van der Waals surface area contributed by atoms with Gasteiger partial charge in [0.25, 0.3) is 11.6 Å². The molecule has 0 saturated carbocycles. The highest BCUT2D eigenvalue weighted by Gasteiger charge is 2.19. The zero-order chi connectivity index (χ0) is 16.4. The third-order valence-electron chi connectivity index (χ3n) is 3.49. The number of nitro groups is 1. The first-order valence-electron chi connectivity index (χ1n) is 6.54. The summed E-state index contributed by atoms with van der Waals surface area (Å²) < 4.78 is 1.71. The van der Waals surface area contributed by atoms with Gasteiger partial charge in [0.1, 0.15) is 5.02 Å². The molecule has 1 atom stereocenters. The number of amides is 1. The first kappa shape index (κ1) is 16.0. The fourth-order valence-corrected chi connectivity index (χ4v) is 2.28. The van der Waals surface area contributed by atoms with Crippen LogP contribution >= 0.6 is 11.6 Å². The lowest BCUT2D eigenvalue weighted by atomic mass is 10.1. The van der Waals surface area contributed by atoms with Crippen molar-refractivity contribution in [1.29, 1.82) is 0 Å². The molecule has 1 N–H and O–H groups in total. The number of nitrogens with zero attached hydrogens (tertiary/aromatic N) is 3. The van der Waals surface area contributed by atoms with E-state index in [1.165, 1.54) is 18.2 Å². The number of carbonyl (C=O) groups is 1. The maximum absolute atomic E-state index is 12.2. The molecule has 1 aromatic carbocycles. The van der Waals surface area contributed by atoms with Gasteiger partial charge in [0.05, 0.1) is 17.2 Å². The van der Waals surface area contributed by atoms with Crippen molar-refractivity contribution < 1.29 is 9.72 Å². The van der Waals surface area contributed by atoms with Crippen LogP contribution in [0.4, 0.5) is 5.69 Å². The van der Waals surface area contributed by atoms with E-state index < -0.39 is 10.8 Å². The number of halogens is 1. The molecule has 2 aromatic rings. The minimum absolute atomic E-state index is 0.00213. The molecule has 0 aliphatic rings. The Labute approximate surface area is 132 Å². The number of benzene rings is 1. The van der Waals surface area contributed by atoms with Gasteiger partial charge in [-0.3, -0.25) is 19.6 Å². The maximum Gasteiger partial charge on any atom is 0.288 e. The number of carbonyl (C=O) groups excluding carboxylic acids is 1. The van der Waals surface area contributed by atoms with E-state index in [9.17, 15) is 14.9 Å². The second-order valence-electron chi connectivity index (χ2n) is 4.93. The minimum Gasteiger partial charge on any atom is -0.345 e. The van der Waals surface area contributed by atoms with Crippen molar-refractivity contribution >= 4 is 23.2 Å². The maximum atomic E-state index is 12.2. The molecule has 7 nitrogen and oxygen atoms in total. The third-order valence-corrected chi connectivity index (χ3v) is 3.81. The highest BCUT2D eigenvalue weighted by molar-refractivity contribution is 6.32. The van der Waals surface area contributed by atoms with Crippen LogP contribution in [0.2, 0.25) is 5.02 Å². The van der Waals surface area contributed by atoms with Crippen LogP contribution in [0.5, 0.6) is 0 Å². The summed E-state index contributed by atoms with van der Waals surface area (Å²) >= 11 is 5.74. The molecule has 0 fully saturated rings. The molecular formula is C14H15ClN4O3. The topological polar surface area (TPSA) is 90.1 Å². The van der Waals surface area contributed by atoms with Crippen LogP contribution in [0.25, 0.3) is 0 Å². The zero-order valence-electron chi connectivity index (χ0n) is 12.3. The molecule has 0 radical (unpaired) electrons. The lowest BCUT2D eigenvalue weighted by molar-refractivity contribution is -0.384. The lowest BCUT2D eigenvalue weighted by Gasteiger charge is -2.13. The second kappa shape index (κ2) is 6.15. The number of aryl methyl sites for hydroxylation is 1. The number of rotatable bonds is 4. The molecule has 0 spiro atoms. The Hall–Kier alpha value is -2.41. The van der Waals surface area contributed by atoms with Crippen LogP contribution in [-0.2, 0) is 7.05 Å². The Morgan fingerprint density at radius 2 is 2.18 bits per heavy atom. The summed E-state index contributed by atoms with van der Waals surface area (Å²) in [6, 6.07) is 3.69. The highest BCUT2D eigenvalue weighted by Crippen LogP contribution is 2.25. The molecule has 0 saturated heterocycles. The summed E-state index contributed by atoms with van der Waals surface area (Å²) in [6.45, 7) is 3.73. The van der Waals surface area contributed by atoms with E-state index in [2.05, 4.69) is 10.4 Å². The predicted octanol–water partition coefficient (Wildman–Crippen LogP) is 2.78. The molecule has 1 heterocycles. The van der Waals surface area contributed by atoms with E-state index in [-0.39, 0.29) is 22.3 Å². The van der Waals surface area contributed by atoms with E-state index in [0.717, 1.165) is 11.3 Å². The molecule has 0 bridgehead atoms. The summed E-state index contributed by atoms with van der Waals surface area (Å²) in [7, 11) is 1.82. The molecule has 1 amide bonds. The number of aromatic nitrogens is 2. The van der Waals surface area contributed by atoms with Crippen LogP contribution in [0.3, 0.4) is 0 Å². The third kappa shape index (κ3) is 3.09. The van der Waals surface area contributed by atoms with Crippen molar-refractivity contribution in [3.63, 3.8) is 0 Å². The Bertz CT molecular complexity index is 742. The number of nitrogens with one attached hydrogen (secondary N) is 1. The number of nitro benzene ring substituents is 1. The van der Waals surface area contributed by atoms with Crippen molar-refractivity contribution in [3.05, 3.63) is 56.4 Å². The van der Waals surface area contributed by atoms with E-state index >= 15 is 0 Å². The molecule has 0 aliphatic heterocycles. The Morgan fingerprint density at radius 3 is 2.73 bits per heavy atom.